The minimum absolute atomic E-state index is 0.0369. The number of ether oxygens (including phenoxy) is 2. The molecule has 0 aliphatic carbocycles. The molecule has 2 aliphatic heterocycles. The maximum Gasteiger partial charge on any atom is 0.329 e. The molecular formula is C30H40N4O10. The average Bonchev–Trinajstić information content (AvgIpc) is 3.32. The third-order valence-corrected chi connectivity index (χ3v) is 7.12. The number of carbonyl (C=O) groups is 7. The highest BCUT2D eigenvalue weighted by Gasteiger charge is 2.48. The number of aliphatic hydroxyl groups excluding tert-OH is 1. The molecule has 1 aromatic carbocycles. The molecule has 3 unspecified atom stereocenters. The molecule has 2 heterocycles. The van der Waals surface area contributed by atoms with Crippen molar-refractivity contribution < 1.29 is 48.1 Å². The first-order valence-electron chi connectivity index (χ1n) is 14.5. The number of nitrogens with zero attached hydrogens (tertiary/aromatic N) is 2. The Morgan fingerprint density at radius 3 is 1.68 bits per heavy atom. The zero-order valence-electron chi connectivity index (χ0n) is 25.8. The summed E-state index contributed by atoms with van der Waals surface area (Å²) in [6.45, 7) is 9.74. The van der Waals surface area contributed by atoms with E-state index in [1.807, 2.05) is 27.7 Å². The van der Waals surface area contributed by atoms with Gasteiger partial charge in [0, 0.05) is 25.0 Å². The zero-order valence-corrected chi connectivity index (χ0v) is 25.8. The van der Waals surface area contributed by atoms with Crippen molar-refractivity contribution in [2.24, 2.45) is 11.8 Å². The van der Waals surface area contributed by atoms with Crippen LogP contribution in [0.1, 0.15) is 97.2 Å². The van der Waals surface area contributed by atoms with Gasteiger partial charge in [-0.05, 0) is 36.8 Å². The second kappa shape index (κ2) is 14.4. The molecule has 2 aliphatic rings. The van der Waals surface area contributed by atoms with E-state index >= 15 is 0 Å². The van der Waals surface area contributed by atoms with E-state index in [4.69, 9.17) is 9.47 Å². The highest BCUT2D eigenvalue weighted by atomic mass is 16.5. The molecule has 0 aromatic heterocycles. The summed E-state index contributed by atoms with van der Waals surface area (Å²) in [4.78, 5) is 90.7. The number of hydrogen-bond acceptors (Lipinski definition) is 10. The molecule has 0 saturated carbocycles. The van der Waals surface area contributed by atoms with Gasteiger partial charge in [-0.2, -0.15) is 0 Å². The summed E-state index contributed by atoms with van der Waals surface area (Å²) in [7, 11) is 0. The van der Waals surface area contributed by atoms with E-state index in [1.54, 1.807) is 0 Å². The molecule has 1 aromatic rings. The molecule has 3 rings (SSSR count). The minimum Gasteiger partial charge on any atom is -0.462 e. The summed E-state index contributed by atoms with van der Waals surface area (Å²) < 4.78 is 10.5. The number of fused-ring (bicyclic) bond motifs is 2. The number of rotatable bonds is 14. The van der Waals surface area contributed by atoms with E-state index in [0.717, 1.165) is 9.80 Å². The molecule has 240 valence electrons. The van der Waals surface area contributed by atoms with Crippen LogP contribution in [0.15, 0.2) is 12.1 Å². The smallest absolute Gasteiger partial charge is 0.329 e. The zero-order chi connectivity index (χ0) is 32.9. The summed E-state index contributed by atoms with van der Waals surface area (Å²) >= 11 is 0. The Hall–Kier alpha value is -4.33. The number of carbonyl (C=O) groups excluding carboxylic acids is 7. The second-order valence-corrected chi connectivity index (χ2v) is 11.6. The second-order valence-electron chi connectivity index (χ2n) is 11.6. The Bertz CT molecular complexity index is 1340. The Morgan fingerprint density at radius 1 is 0.750 bits per heavy atom. The Kier molecular flexibility index (Phi) is 11.2. The summed E-state index contributed by atoms with van der Waals surface area (Å²) in [5.41, 5.74) is -0.234. The van der Waals surface area contributed by atoms with E-state index in [1.165, 1.54) is 26.0 Å². The van der Waals surface area contributed by atoms with Crippen molar-refractivity contribution in [2.75, 3.05) is 26.3 Å². The van der Waals surface area contributed by atoms with Gasteiger partial charge in [0.2, 0.25) is 11.8 Å². The highest BCUT2D eigenvalue weighted by Crippen LogP contribution is 2.39. The van der Waals surface area contributed by atoms with Crippen LogP contribution in [0.2, 0.25) is 0 Å². The first-order chi connectivity index (χ1) is 20.6. The Morgan fingerprint density at radius 2 is 1.20 bits per heavy atom. The predicted molar refractivity (Wildman–Crippen MR) is 154 cm³/mol. The van der Waals surface area contributed by atoms with Crippen LogP contribution in [0.3, 0.4) is 0 Å². The normalized spacial score (nSPS) is 17.0. The lowest BCUT2D eigenvalue weighted by Gasteiger charge is -2.30. The number of amides is 5. The van der Waals surface area contributed by atoms with Gasteiger partial charge in [-0.1, -0.05) is 27.7 Å². The molecule has 44 heavy (non-hydrogen) atoms. The van der Waals surface area contributed by atoms with Crippen LogP contribution in [0.5, 0.6) is 0 Å². The lowest BCUT2D eigenvalue weighted by Crippen LogP contribution is -2.47. The Balaban J connectivity index is 1.87. The summed E-state index contributed by atoms with van der Waals surface area (Å²) in [5.74, 6) is -4.70. The van der Waals surface area contributed by atoms with Crippen molar-refractivity contribution in [3.63, 3.8) is 0 Å². The molecule has 14 nitrogen and oxygen atoms in total. The predicted octanol–water partition coefficient (Wildman–Crippen LogP) is 0.917. The van der Waals surface area contributed by atoms with Gasteiger partial charge in [-0.3, -0.25) is 33.8 Å². The van der Waals surface area contributed by atoms with Crippen molar-refractivity contribution in [3.05, 3.63) is 34.4 Å². The quantitative estimate of drug-likeness (QED) is 0.154. The topological polar surface area (TPSA) is 189 Å². The number of hydrogen-bond donors (Lipinski definition) is 3. The van der Waals surface area contributed by atoms with Gasteiger partial charge in [0.05, 0.1) is 24.2 Å². The number of imide groups is 1. The highest BCUT2D eigenvalue weighted by molar-refractivity contribution is 6.23. The third-order valence-electron chi connectivity index (χ3n) is 7.12. The molecule has 0 bridgehead atoms. The monoisotopic (exact) mass is 616 g/mol. The summed E-state index contributed by atoms with van der Waals surface area (Å²) in [6, 6.07) is 0.0212. The SMILES string of the molecule is CC(=O)NCCOC(=O)C(CC(C)C)N1C(=O)c2cc3c(cc2C1=O)C(O)N(C(CC(C)C)C(=O)OCCNC(C)=O)C3=O. The van der Waals surface area contributed by atoms with E-state index in [0.29, 0.717) is 0 Å². The van der Waals surface area contributed by atoms with Crippen molar-refractivity contribution in [3.8, 4) is 0 Å². The van der Waals surface area contributed by atoms with Gasteiger partial charge >= 0.3 is 11.9 Å². The van der Waals surface area contributed by atoms with Gasteiger partial charge in [0.15, 0.2) is 6.23 Å². The summed E-state index contributed by atoms with van der Waals surface area (Å²) in [6.07, 6.45) is -1.35. The van der Waals surface area contributed by atoms with Crippen LogP contribution < -0.4 is 10.6 Å². The number of nitrogens with one attached hydrogen (secondary N) is 2. The Labute approximate surface area is 255 Å². The van der Waals surface area contributed by atoms with Crippen LogP contribution in [-0.4, -0.2) is 94.8 Å². The van der Waals surface area contributed by atoms with Crippen LogP contribution in [0.25, 0.3) is 0 Å². The number of benzene rings is 1. The lowest BCUT2D eigenvalue weighted by atomic mass is 10.0. The molecule has 3 atom stereocenters. The fraction of sp³-hybridized carbons (Fsp3) is 0.567. The van der Waals surface area contributed by atoms with Gasteiger partial charge in [-0.15, -0.1) is 0 Å². The van der Waals surface area contributed by atoms with Crippen molar-refractivity contribution >= 4 is 41.5 Å². The maximum absolute atomic E-state index is 13.6. The summed E-state index contributed by atoms with van der Waals surface area (Å²) in [5, 5.41) is 16.2. The van der Waals surface area contributed by atoms with E-state index in [2.05, 4.69) is 10.6 Å². The van der Waals surface area contributed by atoms with Crippen molar-refractivity contribution in [2.45, 2.75) is 72.7 Å². The molecule has 3 N–H and O–H groups in total. The van der Waals surface area contributed by atoms with Crippen LogP contribution >= 0.6 is 0 Å². The van der Waals surface area contributed by atoms with Gasteiger partial charge in [0.25, 0.3) is 17.7 Å². The van der Waals surface area contributed by atoms with E-state index in [-0.39, 0.29) is 85.0 Å². The van der Waals surface area contributed by atoms with E-state index < -0.39 is 48.0 Å². The molecule has 0 spiro atoms. The average molecular weight is 617 g/mol. The third kappa shape index (κ3) is 7.59. The fourth-order valence-corrected chi connectivity index (χ4v) is 5.19. The molecule has 0 radical (unpaired) electrons. The molecule has 14 heteroatoms. The van der Waals surface area contributed by atoms with Crippen molar-refractivity contribution in [1.29, 1.82) is 0 Å². The standard InChI is InChI=1S/C30H40N4O10/c1-15(2)11-23(29(41)43-9-7-31-17(5)35)33-25(37)19-13-21-22(14-20(19)26(33)38)28(40)34(27(21)39)24(12-16(3)4)30(42)44-10-8-32-18(6)36/h13-16,23-25,37H,7-12H2,1-6H3,(H,31,35)(H,32,36). The maximum atomic E-state index is 13.6. The van der Waals surface area contributed by atoms with Crippen molar-refractivity contribution in [1.82, 2.24) is 20.4 Å². The number of aliphatic hydroxyl groups is 1. The van der Waals surface area contributed by atoms with Gasteiger partial charge < -0.3 is 25.2 Å². The molecule has 0 saturated heterocycles. The molecule has 5 amide bonds. The number of esters is 2. The molecular weight excluding hydrogens is 576 g/mol. The van der Waals surface area contributed by atoms with Crippen LogP contribution in [0, 0.1) is 11.8 Å². The van der Waals surface area contributed by atoms with Crippen LogP contribution in [0.4, 0.5) is 0 Å². The van der Waals surface area contributed by atoms with Gasteiger partial charge in [0.1, 0.15) is 25.3 Å². The minimum atomic E-state index is -1.61. The first-order valence-corrected chi connectivity index (χ1v) is 14.5. The van der Waals surface area contributed by atoms with Crippen LogP contribution in [-0.2, 0) is 28.7 Å². The lowest BCUT2D eigenvalue weighted by molar-refractivity contribution is -0.153. The largest absolute Gasteiger partial charge is 0.462 e. The molecule has 0 fully saturated rings. The van der Waals surface area contributed by atoms with E-state index in [9.17, 15) is 38.7 Å². The van der Waals surface area contributed by atoms with Gasteiger partial charge in [-0.25, -0.2) is 9.59 Å². The first kappa shape index (κ1) is 34.2. The fourth-order valence-electron chi connectivity index (χ4n) is 5.19.